The highest BCUT2D eigenvalue weighted by Crippen LogP contribution is 2.27. The number of amides is 2. The van der Waals surface area contributed by atoms with Crippen LogP contribution in [0.5, 0.6) is 0 Å². The van der Waals surface area contributed by atoms with Crippen LogP contribution in [0.3, 0.4) is 0 Å². The molecule has 0 fully saturated rings. The zero-order valence-corrected chi connectivity index (χ0v) is 15.5. The van der Waals surface area contributed by atoms with Crippen LogP contribution >= 0.6 is 22.6 Å². The molecule has 0 aliphatic rings. The highest BCUT2D eigenvalue weighted by molar-refractivity contribution is 14.1. The second-order valence-electron chi connectivity index (χ2n) is 5.61. The fourth-order valence-corrected chi connectivity index (χ4v) is 2.59. The molecule has 120 valence electrons. The second-order valence-corrected chi connectivity index (χ2v) is 6.85. The van der Waals surface area contributed by atoms with Crippen molar-refractivity contribution in [1.82, 2.24) is 0 Å². The zero-order chi connectivity index (χ0) is 17.0. The lowest BCUT2D eigenvalue weighted by Gasteiger charge is -2.16. The maximum Gasteiger partial charge on any atom is 0.314 e. The summed E-state index contributed by atoms with van der Waals surface area (Å²) >= 11 is 2.18. The third kappa shape index (κ3) is 4.54. The van der Waals surface area contributed by atoms with E-state index in [1.165, 1.54) is 0 Å². The molecule has 0 saturated heterocycles. The van der Waals surface area contributed by atoms with Crippen LogP contribution in [-0.2, 0) is 9.59 Å². The Bertz CT molecular complexity index is 724. The molecule has 0 unspecified atom stereocenters. The Labute approximate surface area is 149 Å². The SMILES string of the molecule is Cc1cccc(C(C)C)c1NC(=O)C(=O)Nc1ccc(I)cc1. The van der Waals surface area contributed by atoms with Gasteiger partial charge in [0.15, 0.2) is 0 Å². The van der Waals surface area contributed by atoms with Crippen LogP contribution < -0.4 is 10.6 Å². The molecule has 0 bridgehead atoms. The molecule has 2 aromatic rings. The fourth-order valence-electron chi connectivity index (χ4n) is 2.23. The number of hydrogen-bond acceptors (Lipinski definition) is 2. The number of rotatable bonds is 3. The summed E-state index contributed by atoms with van der Waals surface area (Å²) in [6, 6.07) is 13.1. The van der Waals surface area contributed by atoms with Crippen LogP contribution in [0.2, 0.25) is 0 Å². The lowest BCUT2D eigenvalue weighted by Crippen LogP contribution is -2.29. The third-order valence-corrected chi connectivity index (χ3v) is 4.19. The Balaban J connectivity index is 2.13. The molecule has 2 aromatic carbocycles. The molecular formula is C18H19IN2O2. The molecule has 0 radical (unpaired) electrons. The first kappa shape index (κ1) is 17.5. The molecular weight excluding hydrogens is 403 g/mol. The van der Waals surface area contributed by atoms with Gasteiger partial charge in [0.1, 0.15) is 0 Å². The Hall–Kier alpha value is -1.89. The van der Waals surface area contributed by atoms with E-state index in [9.17, 15) is 9.59 Å². The molecule has 2 amide bonds. The van der Waals surface area contributed by atoms with E-state index < -0.39 is 11.8 Å². The Morgan fingerprint density at radius 1 is 0.957 bits per heavy atom. The number of hydrogen-bond donors (Lipinski definition) is 2. The average molecular weight is 422 g/mol. The number of aryl methyl sites for hydroxylation is 1. The summed E-state index contributed by atoms with van der Waals surface area (Å²) in [6.07, 6.45) is 0. The molecule has 0 saturated carbocycles. The third-order valence-electron chi connectivity index (χ3n) is 3.47. The van der Waals surface area contributed by atoms with Gasteiger partial charge in [-0.15, -0.1) is 0 Å². The van der Waals surface area contributed by atoms with Gasteiger partial charge >= 0.3 is 11.8 Å². The lowest BCUT2D eigenvalue weighted by atomic mass is 9.98. The Kier molecular flexibility index (Phi) is 5.76. The van der Waals surface area contributed by atoms with E-state index in [1.807, 2.05) is 37.3 Å². The summed E-state index contributed by atoms with van der Waals surface area (Å²) in [5, 5.41) is 5.34. The minimum absolute atomic E-state index is 0.254. The predicted octanol–water partition coefficient (Wildman–Crippen LogP) is 4.30. The first-order valence-corrected chi connectivity index (χ1v) is 8.43. The fraction of sp³-hybridized carbons (Fsp3) is 0.222. The number of halogens is 1. The quantitative estimate of drug-likeness (QED) is 0.573. The summed E-state index contributed by atoms with van der Waals surface area (Å²) in [5.74, 6) is -1.09. The van der Waals surface area contributed by atoms with Crippen molar-refractivity contribution in [2.75, 3.05) is 10.6 Å². The van der Waals surface area contributed by atoms with Crippen molar-refractivity contribution in [2.45, 2.75) is 26.7 Å². The Morgan fingerprint density at radius 3 is 2.17 bits per heavy atom. The minimum atomic E-state index is -0.677. The van der Waals surface area contributed by atoms with Crippen molar-refractivity contribution in [1.29, 1.82) is 0 Å². The first-order chi connectivity index (χ1) is 10.9. The van der Waals surface area contributed by atoms with E-state index >= 15 is 0 Å². The van der Waals surface area contributed by atoms with Gasteiger partial charge in [-0.1, -0.05) is 32.0 Å². The maximum atomic E-state index is 12.2. The summed E-state index contributed by atoms with van der Waals surface area (Å²) in [5.41, 5.74) is 3.26. The van der Waals surface area contributed by atoms with Crippen molar-refractivity contribution in [2.24, 2.45) is 0 Å². The normalized spacial score (nSPS) is 10.5. The highest BCUT2D eigenvalue weighted by Gasteiger charge is 2.17. The van der Waals surface area contributed by atoms with Gasteiger partial charge in [-0.3, -0.25) is 9.59 Å². The number of anilines is 2. The van der Waals surface area contributed by atoms with Crippen molar-refractivity contribution in [3.63, 3.8) is 0 Å². The van der Waals surface area contributed by atoms with Gasteiger partial charge < -0.3 is 10.6 Å². The smallest absolute Gasteiger partial charge is 0.314 e. The average Bonchev–Trinajstić information content (AvgIpc) is 2.51. The lowest BCUT2D eigenvalue weighted by molar-refractivity contribution is -0.133. The van der Waals surface area contributed by atoms with E-state index in [2.05, 4.69) is 47.1 Å². The molecule has 0 aliphatic heterocycles. The minimum Gasteiger partial charge on any atom is -0.318 e. The van der Waals surface area contributed by atoms with Crippen LogP contribution in [0.1, 0.15) is 30.9 Å². The number of benzene rings is 2. The molecule has 0 aromatic heterocycles. The standard InChI is InChI=1S/C18H19IN2O2/c1-11(2)15-6-4-5-12(3)16(15)21-18(23)17(22)20-14-9-7-13(19)8-10-14/h4-11H,1-3H3,(H,20,22)(H,21,23). The zero-order valence-electron chi connectivity index (χ0n) is 13.3. The van der Waals surface area contributed by atoms with Crippen LogP contribution in [-0.4, -0.2) is 11.8 Å². The van der Waals surface area contributed by atoms with Gasteiger partial charge in [0.05, 0.1) is 0 Å². The van der Waals surface area contributed by atoms with Gasteiger partial charge in [0.25, 0.3) is 0 Å². The van der Waals surface area contributed by atoms with E-state index in [1.54, 1.807) is 12.1 Å². The molecule has 0 aliphatic carbocycles. The highest BCUT2D eigenvalue weighted by atomic mass is 127. The van der Waals surface area contributed by atoms with E-state index in [0.717, 1.165) is 14.7 Å². The summed E-state index contributed by atoms with van der Waals surface area (Å²) in [4.78, 5) is 24.3. The monoisotopic (exact) mass is 422 g/mol. The second kappa shape index (κ2) is 7.59. The molecule has 0 spiro atoms. The number of carbonyl (C=O) groups excluding carboxylic acids is 2. The van der Waals surface area contributed by atoms with Gasteiger partial charge in [0, 0.05) is 14.9 Å². The Morgan fingerprint density at radius 2 is 1.57 bits per heavy atom. The van der Waals surface area contributed by atoms with Crippen molar-refractivity contribution in [3.05, 3.63) is 57.2 Å². The molecule has 2 rings (SSSR count). The van der Waals surface area contributed by atoms with Gasteiger partial charge in [0.2, 0.25) is 0 Å². The van der Waals surface area contributed by atoms with E-state index in [-0.39, 0.29) is 5.92 Å². The topological polar surface area (TPSA) is 58.2 Å². The summed E-state index contributed by atoms with van der Waals surface area (Å²) < 4.78 is 1.06. The van der Waals surface area contributed by atoms with Crippen LogP contribution in [0.25, 0.3) is 0 Å². The molecule has 0 heterocycles. The first-order valence-electron chi connectivity index (χ1n) is 7.36. The van der Waals surface area contributed by atoms with E-state index in [0.29, 0.717) is 11.4 Å². The van der Waals surface area contributed by atoms with Gasteiger partial charge in [-0.05, 0) is 70.8 Å². The molecule has 23 heavy (non-hydrogen) atoms. The summed E-state index contributed by atoms with van der Waals surface area (Å²) in [6.45, 7) is 6.02. The van der Waals surface area contributed by atoms with E-state index in [4.69, 9.17) is 0 Å². The molecule has 2 N–H and O–H groups in total. The van der Waals surface area contributed by atoms with Crippen LogP contribution in [0.15, 0.2) is 42.5 Å². The largest absolute Gasteiger partial charge is 0.318 e. The number of nitrogens with one attached hydrogen (secondary N) is 2. The van der Waals surface area contributed by atoms with Crippen LogP contribution in [0, 0.1) is 10.5 Å². The summed E-state index contributed by atoms with van der Waals surface area (Å²) in [7, 11) is 0. The molecule has 5 heteroatoms. The number of para-hydroxylation sites is 1. The van der Waals surface area contributed by atoms with Gasteiger partial charge in [-0.25, -0.2) is 0 Å². The van der Waals surface area contributed by atoms with Crippen molar-refractivity contribution >= 4 is 45.8 Å². The van der Waals surface area contributed by atoms with Crippen molar-refractivity contribution < 1.29 is 9.59 Å². The van der Waals surface area contributed by atoms with Crippen LogP contribution in [0.4, 0.5) is 11.4 Å². The maximum absolute atomic E-state index is 12.2. The van der Waals surface area contributed by atoms with Gasteiger partial charge in [-0.2, -0.15) is 0 Å². The molecule has 4 nitrogen and oxygen atoms in total. The molecule has 0 atom stereocenters. The predicted molar refractivity (Wildman–Crippen MR) is 102 cm³/mol. The van der Waals surface area contributed by atoms with Crippen molar-refractivity contribution in [3.8, 4) is 0 Å². The number of carbonyl (C=O) groups is 2.